The minimum Gasteiger partial charge on any atom is -0.325 e. The SMILES string of the molecule is CCc1nnc(SCC(=O)Nc2ccc(C)c(C)c2)n1C(C)C. The van der Waals surface area contributed by atoms with E-state index in [2.05, 4.69) is 47.8 Å². The van der Waals surface area contributed by atoms with Crippen LogP contribution < -0.4 is 5.32 Å². The molecule has 1 heterocycles. The minimum absolute atomic E-state index is 0.0328. The summed E-state index contributed by atoms with van der Waals surface area (Å²) >= 11 is 1.42. The third kappa shape index (κ3) is 4.34. The van der Waals surface area contributed by atoms with Crippen LogP contribution in [-0.4, -0.2) is 26.4 Å². The van der Waals surface area contributed by atoms with Crippen LogP contribution in [0, 0.1) is 13.8 Å². The first-order chi connectivity index (χ1) is 10.9. The summed E-state index contributed by atoms with van der Waals surface area (Å²) in [5, 5.41) is 12.1. The highest BCUT2D eigenvalue weighted by Crippen LogP contribution is 2.22. The Balaban J connectivity index is 1.99. The second kappa shape index (κ2) is 7.64. The van der Waals surface area contributed by atoms with Crippen molar-refractivity contribution in [1.29, 1.82) is 0 Å². The fourth-order valence-corrected chi connectivity index (χ4v) is 3.20. The van der Waals surface area contributed by atoms with Crippen LogP contribution in [0.2, 0.25) is 0 Å². The maximum atomic E-state index is 12.2. The highest BCUT2D eigenvalue weighted by atomic mass is 32.2. The summed E-state index contributed by atoms with van der Waals surface area (Å²) < 4.78 is 2.09. The number of carbonyl (C=O) groups excluding carboxylic acids is 1. The number of thioether (sulfide) groups is 1. The molecule has 0 spiro atoms. The van der Waals surface area contributed by atoms with Gasteiger partial charge < -0.3 is 9.88 Å². The predicted molar refractivity (Wildman–Crippen MR) is 95.1 cm³/mol. The van der Waals surface area contributed by atoms with Gasteiger partial charge in [0.05, 0.1) is 5.75 Å². The Morgan fingerprint density at radius 2 is 2.00 bits per heavy atom. The summed E-state index contributed by atoms with van der Waals surface area (Å²) in [6.45, 7) is 10.4. The summed E-state index contributed by atoms with van der Waals surface area (Å²) in [6.07, 6.45) is 0.834. The van der Waals surface area contributed by atoms with Gasteiger partial charge in [-0.05, 0) is 51.0 Å². The number of aryl methyl sites for hydroxylation is 3. The van der Waals surface area contributed by atoms with E-state index in [1.807, 2.05) is 25.1 Å². The number of aromatic nitrogens is 3. The number of anilines is 1. The first-order valence-electron chi connectivity index (χ1n) is 7.86. The molecule has 0 aliphatic carbocycles. The number of rotatable bonds is 6. The Hall–Kier alpha value is -1.82. The highest BCUT2D eigenvalue weighted by molar-refractivity contribution is 7.99. The Bertz CT molecular complexity index is 694. The average Bonchev–Trinajstić information content (AvgIpc) is 2.92. The van der Waals surface area contributed by atoms with Crippen molar-refractivity contribution in [3.63, 3.8) is 0 Å². The number of amides is 1. The van der Waals surface area contributed by atoms with Crippen molar-refractivity contribution in [2.45, 2.75) is 52.2 Å². The molecule has 0 aliphatic heterocycles. The van der Waals surface area contributed by atoms with Gasteiger partial charge in [0, 0.05) is 18.2 Å². The van der Waals surface area contributed by atoms with Crippen molar-refractivity contribution >= 4 is 23.4 Å². The van der Waals surface area contributed by atoms with Crippen LogP contribution in [0.3, 0.4) is 0 Å². The fourth-order valence-electron chi connectivity index (χ4n) is 2.31. The van der Waals surface area contributed by atoms with Gasteiger partial charge in [-0.25, -0.2) is 0 Å². The smallest absolute Gasteiger partial charge is 0.234 e. The Labute approximate surface area is 141 Å². The molecule has 0 saturated carbocycles. The largest absolute Gasteiger partial charge is 0.325 e. The van der Waals surface area contributed by atoms with Crippen LogP contribution in [-0.2, 0) is 11.2 Å². The summed E-state index contributed by atoms with van der Waals surface area (Å²) in [6, 6.07) is 6.21. The van der Waals surface area contributed by atoms with Crippen LogP contribution in [0.25, 0.3) is 0 Å². The van der Waals surface area contributed by atoms with E-state index in [1.165, 1.54) is 22.9 Å². The topological polar surface area (TPSA) is 59.8 Å². The molecule has 5 nitrogen and oxygen atoms in total. The monoisotopic (exact) mass is 332 g/mol. The highest BCUT2D eigenvalue weighted by Gasteiger charge is 2.15. The minimum atomic E-state index is -0.0328. The molecule has 0 radical (unpaired) electrons. The summed E-state index contributed by atoms with van der Waals surface area (Å²) in [7, 11) is 0. The molecule has 1 amide bonds. The number of hydrogen-bond acceptors (Lipinski definition) is 4. The van der Waals surface area contributed by atoms with E-state index in [1.54, 1.807) is 0 Å². The van der Waals surface area contributed by atoms with Crippen molar-refractivity contribution in [3.05, 3.63) is 35.2 Å². The first kappa shape index (κ1) is 17.5. The number of hydrogen-bond donors (Lipinski definition) is 1. The molecular weight excluding hydrogens is 308 g/mol. The van der Waals surface area contributed by atoms with Crippen molar-refractivity contribution in [2.24, 2.45) is 0 Å². The summed E-state index contributed by atoms with van der Waals surface area (Å²) in [5.74, 6) is 1.24. The Kier molecular flexibility index (Phi) is 5.82. The second-order valence-corrected chi connectivity index (χ2v) is 6.79. The van der Waals surface area contributed by atoms with Gasteiger partial charge in [0.25, 0.3) is 0 Å². The standard InChI is InChI=1S/C17H24N4OS/c1-6-15-19-20-17(21(15)11(2)3)23-10-16(22)18-14-8-7-12(4)13(5)9-14/h7-9,11H,6,10H2,1-5H3,(H,18,22). The maximum absolute atomic E-state index is 12.2. The third-order valence-electron chi connectivity index (χ3n) is 3.69. The van der Waals surface area contributed by atoms with E-state index < -0.39 is 0 Å². The molecule has 0 saturated heterocycles. The lowest BCUT2D eigenvalue weighted by Crippen LogP contribution is -2.15. The molecule has 0 atom stereocenters. The van der Waals surface area contributed by atoms with Crippen LogP contribution >= 0.6 is 11.8 Å². The van der Waals surface area contributed by atoms with E-state index >= 15 is 0 Å². The molecule has 2 rings (SSSR count). The molecule has 0 fully saturated rings. The molecule has 0 bridgehead atoms. The zero-order valence-electron chi connectivity index (χ0n) is 14.4. The number of carbonyl (C=O) groups is 1. The van der Waals surface area contributed by atoms with Gasteiger partial charge in [0.15, 0.2) is 5.16 Å². The molecule has 1 aromatic heterocycles. The van der Waals surface area contributed by atoms with Crippen LogP contribution in [0.15, 0.2) is 23.4 Å². The normalized spacial score (nSPS) is 11.0. The Morgan fingerprint density at radius 1 is 1.26 bits per heavy atom. The van der Waals surface area contributed by atoms with Crippen LogP contribution in [0.5, 0.6) is 0 Å². The van der Waals surface area contributed by atoms with E-state index in [4.69, 9.17) is 0 Å². The quantitative estimate of drug-likeness (QED) is 0.818. The zero-order chi connectivity index (χ0) is 17.0. The van der Waals surface area contributed by atoms with Gasteiger partial charge in [-0.2, -0.15) is 0 Å². The number of nitrogens with one attached hydrogen (secondary N) is 1. The van der Waals surface area contributed by atoms with Crippen molar-refractivity contribution in [1.82, 2.24) is 14.8 Å². The number of nitrogens with zero attached hydrogens (tertiary/aromatic N) is 3. The molecule has 1 N–H and O–H groups in total. The van der Waals surface area contributed by atoms with Gasteiger partial charge in [-0.3, -0.25) is 4.79 Å². The fraction of sp³-hybridized carbons (Fsp3) is 0.471. The Morgan fingerprint density at radius 3 is 2.61 bits per heavy atom. The van der Waals surface area contributed by atoms with Gasteiger partial charge in [0.2, 0.25) is 5.91 Å². The number of benzene rings is 1. The third-order valence-corrected chi connectivity index (χ3v) is 4.63. The maximum Gasteiger partial charge on any atom is 0.234 e. The molecular formula is C17H24N4OS. The lowest BCUT2D eigenvalue weighted by molar-refractivity contribution is -0.113. The lowest BCUT2D eigenvalue weighted by atomic mass is 10.1. The van der Waals surface area contributed by atoms with Crippen molar-refractivity contribution < 1.29 is 4.79 Å². The molecule has 0 aliphatic rings. The molecule has 6 heteroatoms. The summed E-state index contributed by atoms with van der Waals surface area (Å²) in [5.41, 5.74) is 3.22. The molecule has 124 valence electrons. The first-order valence-corrected chi connectivity index (χ1v) is 8.84. The van der Waals surface area contributed by atoms with E-state index in [0.717, 1.165) is 23.1 Å². The summed E-state index contributed by atoms with van der Waals surface area (Å²) in [4.78, 5) is 12.2. The molecule has 2 aromatic rings. The molecule has 23 heavy (non-hydrogen) atoms. The second-order valence-electron chi connectivity index (χ2n) is 5.85. The van der Waals surface area contributed by atoms with Crippen LogP contribution in [0.4, 0.5) is 5.69 Å². The van der Waals surface area contributed by atoms with E-state index in [0.29, 0.717) is 5.75 Å². The van der Waals surface area contributed by atoms with Gasteiger partial charge in [-0.1, -0.05) is 24.8 Å². The average molecular weight is 332 g/mol. The predicted octanol–water partition coefficient (Wildman–Crippen LogP) is 3.77. The van der Waals surface area contributed by atoms with E-state index in [9.17, 15) is 4.79 Å². The van der Waals surface area contributed by atoms with Gasteiger partial charge in [-0.15, -0.1) is 10.2 Å². The van der Waals surface area contributed by atoms with Gasteiger partial charge >= 0.3 is 0 Å². The van der Waals surface area contributed by atoms with Crippen LogP contribution in [0.1, 0.15) is 43.8 Å². The lowest BCUT2D eigenvalue weighted by Gasteiger charge is -2.13. The van der Waals surface area contributed by atoms with Gasteiger partial charge in [0.1, 0.15) is 5.82 Å². The van der Waals surface area contributed by atoms with Crippen molar-refractivity contribution in [2.75, 3.05) is 11.1 Å². The molecule has 0 unspecified atom stereocenters. The molecule has 1 aromatic carbocycles. The van der Waals surface area contributed by atoms with Crippen molar-refractivity contribution in [3.8, 4) is 0 Å². The van der Waals surface area contributed by atoms with E-state index in [-0.39, 0.29) is 11.9 Å². The zero-order valence-corrected chi connectivity index (χ0v) is 15.2.